The molecule has 0 saturated carbocycles. The molecule has 1 N–H and O–H groups in total. The Morgan fingerprint density at radius 1 is 1.06 bits per heavy atom. The second-order valence-corrected chi connectivity index (χ2v) is 7.97. The lowest BCUT2D eigenvalue weighted by atomic mass is 10.0. The Morgan fingerprint density at radius 3 is 2.55 bits per heavy atom. The third-order valence-electron chi connectivity index (χ3n) is 5.25. The third kappa shape index (κ3) is 4.93. The minimum absolute atomic E-state index is 0.269. The molecule has 0 bridgehead atoms. The van der Waals surface area contributed by atoms with Gasteiger partial charge in [0.1, 0.15) is 11.3 Å². The van der Waals surface area contributed by atoms with E-state index in [0.717, 1.165) is 11.1 Å². The van der Waals surface area contributed by atoms with Crippen LogP contribution in [0.25, 0.3) is 22.9 Å². The third-order valence-corrected chi connectivity index (χ3v) is 5.25. The summed E-state index contributed by atoms with van der Waals surface area (Å²) in [6, 6.07) is 12.8. The van der Waals surface area contributed by atoms with Gasteiger partial charge in [-0.2, -0.15) is 4.98 Å². The standard InChI is InChI=1S/C24H24N6O3/c1-15(28-22(31)18-13-26-21(27-14-18)19-10-5-6-11-25-19)16-8-7-9-17(12-16)20-29-23(33-30-20)24(2,3)32-4/h5-15H,1-4H3,(H,28,31)/t15-/m0/s1. The normalized spacial score (nSPS) is 12.4. The summed E-state index contributed by atoms with van der Waals surface area (Å²) in [6.07, 6.45) is 4.66. The number of aromatic nitrogens is 5. The highest BCUT2D eigenvalue weighted by Crippen LogP contribution is 2.26. The van der Waals surface area contributed by atoms with Crippen LogP contribution >= 0.6 is 0 Å². The second kappa shape index (κ2) is 9.25. The summed E-state index contributed by atoms with van der Waals surface area (Å²) in [5.41, 5.74) is 2.00. The molecule has 1 aromatic carbocycles. The van der Waals surface area contributed by atoms with Gasteiger partial charge in [-0.1, -0.05) is 29.4 Å². The number of hydrogen-bond acceptors (Lipinski definition) is 8. The zero-order valence-electron chi connectivity index (χ0n) is 18.8. The number of nitrogens with one attached hydrogen (secondary N) is 1. The molecule has 0 aliphatic carbocycles. The molecule has 0 radical (unpaired) electrons. The van der Waals surface area contributed by atoms with Crippen LogP contribution in [0.15, 0.2) is 65.6 Å². The van der Waals surface area contributed by atoms with Gasteiger partial charge in [0.05, 0.1) is 11.6 Å². The number of rotatable bonds is 7. The summed E-state index contributed by atoms with van der Waals surface area (Å²) in [5, 5.41) is 7.04. The number of ether oxygens (including phenoxy) is 1. The van der Waals surface area contributed by atoms with Crippen molar-refractivity contribution >= 4 is 5.91 Å². The average molecular weight is 444 g/mol. The Kier molecular flexibility index (Phi) is 6.23. The van der Waals surface area contributed by atoms with Crippen LogP contribution in [0, 0.1) is 0 Å². The van der Waals surface area contributed by atoms with Gasteiger partial charge in [-0.3, -0.25) is 9.78 Å². The fourth-order valence-electron chi connectivity index (χ4n) is 3.06. The van der Waals surface area contributed by atoms with Gasteiger partial charge in [0, 0.05) is 31.3 Å². The van der Waals surface area contributed by atoms with Crippen molar-refractivity contribution < 1.29 is 14.1 Å². The lowest BCUT2D eigenvalue weighted by molar-refractivity contribution is -0.00787. The largest absolute Gasteiger partial charge is 0.369 e. The van der Waals surface area contributed by atoms with Gasteiger partial charge in [0.2, 0.25) is 5.82 Å². The van der Waals surface area contributed by atoms with Crippen molar-refractivity contribution in [1.82, 2.24) is 30.4 Å². The van der Waals surface area contributed by atoms with E-state index in [1.54, 1.807) is 13.3 Å². The molecule has 168 valence electrons. The lowest BCUT2D eigenvalue weighted by Crippen LogP contribution is -2.27. The van der Waals surface area contributed by atoms with Crippen molar-refractivity contribution in [3.8, 4) is 22.9 Å². The minimum Gasteiger partial charge on any atom is -0.369 e. The van der Waals surface area contributed by atoms with E-state index in [0.29, 0.717) is 28.8 Å². The van der Waals surface area contributed by atoms with Crippen LogP contribution in [0.4, 0.5) is 0 Å². The number of methoxy groups -OCH3 is 1. The van der Waals surface area contributed by atoms with Crippen molar-refractivity contribution in [2.24, 2.45) is 0 Å². The SMILES string of the molecule is COC(C)(C)c1nc(-c2cccc([C@H](C)NC(=O)c3cnc(-c4ccccn4)nc3)c2)no1. The highest BCUT2D eigenvalue weighted by molar-refractivity contribution is 5.94. The van der Waals surface area contributed by atoms with Crippen molar-refractivity contribution in [2.75, 3.05) is 7.11 Å². The summed E-state index contributed by atoms with van der Waals surface area (Å²) < 4.78 is 10.8. The first-order chi connectivity index (χ1) is 15.9. The molecule has 9 heteroatoms. The monoisotopic (exact) mass is 444 g/mol. The summed E-state index contributed by atoms with van der Waals surface area (Å²) in [4.78, 5) is 29.9. The average Bonchev–Trinajstić information content (AvgIpc) is 3.36. The van der Waals surface area contributed by atoms with Crippen LogP contribution in [0.3, 0.4) is 0 Å². The maximum Gasteiger partial charge on any atom is 0.258 e. The van der Waals surface area contributed by atoms with Crippen LogP contribution < -0.4 is 5.32 Å². The molecule has 0 aliphatic rings. The second-order valence-electron chi connectivity index (χ2n) is 7.97. The number of hydrogen-bond donors (Lipinski definition) is 1. The summed E-state index contributed by atoms with van der Waals surface area (Å²) in [6.45, 7) is 5.60. The fraction of sp³-hybridized carbons (Fsp3) is 0.250. The summed E-state index contributed by atoms with van der Waals surface area (Å²) in [5.74, 6) is 1.03. The molecule has 1 atom stereocenters. The highest BCUT2D eigenvalue weighted by atomic mass is 16.5. The van der Waals surface area contributed by atoms with E-state index in [1.165, 1.54) is 12.4 Å². The van der Waals surface area contributed by atoms with Crippen LogP contribution in [0.1, 0.15) is 48.6 Å². The first-order valence-corrected chi connectivity index (χ1v) is 10.4. The van der Waals surface area contributed by atoms with Gasteiger partial charge in [-0.15, -0.1) is 0 Å². The summed E-state index contributed by atoms with van der Waals surface area (Å²) in [7, 11) is 1.59. The lowest BCUT2D eigenvalue weighted by Gasteiger charge is -2.16. The Bertz CT molecular complexity index is 1240. The number of amides is 1. The summed E-state index contributed by atoms with van der Waals surface area (Å²) >= 11 is 0. The molecule has 9 nitrogen and oxygen atoms in total. The molecular formula is C24H24N6O3. The molecular weight excluding hydrogens is 420 g/mol. The van der Waals surface area contributed by atoms with E-state index in [-0.39, 0.29) is 11.9 Å². The van der Waals surface area contributed by atoms with Gasteiger partial charge in [0.15, 0.2) is 5.82 Å². The van der Waals surface area contributed by atoms with Gasteiger partial charge >= 0.3 is 0 Å². The van der Waals surface area contributed by atoms with Gasteiger partial charge in [0.25, 0.3) is 11.8 Å². The van der Waals surface area contributed by atoms with E-state index in [4.69, 9.17) is 9.26 Å². The minimum atomic E-state index is -0.682. The highest BCUT2D eigenvalue weighted by Gasteiger charge is 2.27. The molecule has 0 saturated heterocycles. The molecule has 3 aromatic heterocycles. The smallest absolute Gasteiger partial charge is 0.258 e. The molecule has 33 heavy (non-hydrogen) atoms. The van der Waals surface area contributed by atoms with Crippen LogP contribution in [-0.2, 0) is 10.3 Å². The molecule has 4 rings (SSSR count). The van der Waals surface area contributed by atoms with Gasteiger partial charge in [-0.25, -0.2) is 9.97 Å². The number of pyridine rings is 1. The molecule has 3 heterocycles. The molecule has 1 amide bonds. The Morgan fingerprint density at radius 2 is 1.85 bits per heavy atom. The van der Waals surface area contributed by atoms with E-state index >= 15 is 0 Å². The predicted octanol–water partition coefficient (Wildman–Crippen LogP) is 3.96. The van der Waals surface area contributed by atoms with Crippen molar-refractivity contribution in [1.29, 1.82) is 0 Å². The number of benzene rings is 1. The first kappa shape index (κ1) is 22.2. The Balaban J connectivity index is 1.47. The van der Waals surface area contributed by atoms with Gasteiger partial charge in [-0.05, 0) is 44.5 Å². The van der Waals surface area contributed by atoms with Crippen LogP contribution in [-0.4, -0.2) is 38.1 Å². The molecule has 0 fully saturated rings. The maximum atomic E-state index is 12.7. The first-order valence-electron chi connectivity index (χ1n) is 10.4. The van der Waals surface area contributed by atoms with Crippen LogP contribution in [0.5, 0.6) is 0 Å². The van der Waals surface area contributed by atoms with E-state index in [2.05, 4.69) is 30.4 Å². The molecule has 0 aliphatic heterocycles. The maximum absolute atomic E-state index is 12.7. The zero-order valence-corrected chi connectivity index (χ0v) is 18.8. The number of carbonyl (C=O) groups is 1. The van der Waals surface area contributed by atoms with Gasteiger partial charge < -0.3 is 14.6 Å². The Hall–Kier alpha value is -3.98. The molecule has 0 spiro atoms. The molecule has 0 unspecified atom stereocenters. The van der Waals surface area contributed by atoms with Crippen LogP contribution in [0.2, 0.25) is 0 Å². The van der Waals surface area contributed by atoms with Crippen molar-refractivity contribution in [2.45, 2.75) is 32.4 Å². The molecule has 4 aromatic rings. The predicted molar refractivity (Wildman–Crippen MR) is 121 cm³/mol. The van der Waals surface area contributed by atoms with Crippen molar-refractivity contribution in [3.63, 3.8) is 0 Å². The van der Waals surface area contributed by atoms with E-state index < -0.39 is 5.60 Å². The topological polar surface area (TPSA) is 116 Å². The fourth-order valence-corrected chi connectivity index (χ4v) is 3.06. The number of nitrogens with zero attached hydrogens (tertiary/aromatic N) is 5. The number of carbonyl (C=O) groups excluding carboxylic acids is 1. The Labute approximate surface area is 191 Å². The van der Waals surface area contributed by atoms with E-state index in [9.17, 15) is 4.79 Å². The zero-order chi connectivity index (χ0) is 23.4. The van der Waals surface area contributed by atoms with E-state index in [1.807, 2.05) is 63.2 Å². The quantitative estimate of drug-likeness (QED) is 0.455. The van der Waals surface area contributed by atoms with Crippen molar-refractivity contribution in [3.05, 3.63) is 78.1 Å².